The molecular weight excluding hydrogens is 232 g/mol. The second-order valence-corrected chi connectivity index (χ2v) is 5.56. The van der Waals surface area contributed by atoms with Crippen LogP contribution in [-0.2, 0) is 0 Å². The van der Waals surface area contributed by atoms with Crippen molar-refractivity contribution in [1.29, 1.82) is 0 Å². The molecule has 0 aromatic heterocycles. The molecule has 1 rings (SSSR count). The van der Waals surface area contributed by atoms with Gasteiger partial charge in [0, 0.05) is 18.1 Å². The number of rotatable bonds is 7. The van der Waals surface area contributed by atoms with Crippen molar-refractivity contribution in [3.63, 3.8) is 0 Å². The Hall–Kier alpha value is -0.860. The Bertz CT molecular complexity index is 354. The smallest absolute Gasteiger partial charge is 0.0498 e. The van der Waals surface area contributed by atoms with Gasteiger partial charge >= 0.3 is 0 Å². The predicted octanol–water partition coefficient (Wildman–Crippen LogP) is 3.89. The fourth-order valence-electron chi connectivity index (χ4n) is 2.86. The average Bonchev–Trinajstić information content (AvgIpc) is 2.42. The minimum atomic E-state index is 0.188. The van der Waals surface area contributed by atoms with E-state index in [2.05, 4.69) is 63.9 Å². The molecule has 0 bridgehead atoms. The molecule has 0 aliphatic rings. The maximum atomic E-state index is 6.39. The zero-order valence-corrected chi connectivity index (χ0v) is 13.2. The van der Waals surface area contributed by atoms with E-state index in [9.17, 15) is 0 Å². The molecule has 0 heterocycles. The van der Waals surface area contributed by atoms with E-state index in [1.807, 2.05) is 0 Å². The third kappa shape index (κ3) is 4.05. The zero-order valence-electron chi connectivity index (χ0n) is 13.2. The van der Waals surface area contributed by atoms with Crippen LogP contribution in [0.3, 0.4) is 0 Å². The molecule has 2 N–H and O–H groups in total. The molecule has 0 aliphatic heterocycles. The molecule has 0 amide bonds. The normalized spacial score (nSPS) is 14.9. The Morgan fingerprint density at radius 2 is 1.53 bits per heavy atom. The third-order valence-electron chi connectivity index (χ3n) is 4.25. The molecule has 1 aromatic rings. The molecule has 1 aromatic carbocycles. The van der Waals surface area contributed by atoms with Gasteiger partial charge in [-0.25, -0.2) is 0 Å². The summed E-state index contributed by atoms with van der Waals surface area (Å²) < 4.78 is 0. The highest BCUT2D eigenvalue weighted by molar-refractivity contribution is 5.25. The van der Waals surface area contributed by atoms with Crippen molar-refractivity contribution in [1.82, 2.24) is 4.90 Å². The van der Waals surface area contributed by atoms with Crippen molar-refractivity contribution >= 4 is 0 Å². The van der Waals surface area contributed by atoms with Crippen LogP contribution in [-0.4, -0.2) is 24.0 Å². The summed E-state index contributed by atoms with van der Waals surface area (Å²) in [7, 11) is 2.22. The summed E-state index contributed by atoms with van der Waals surface area (Å²) in [6.45, 7) is 8.82. The standard InChI is InChI=1S/C17H30N2/c1-6-15(7-2)19(5)17(16(18)8-3)14-11-9-13(4)10-12-14/h9-12,15-17H,6-8,18H2,1-5H3. The first-order chi connectivity index (χ1) is 9.04. The van der Waals surface area contributed by atoms with Gasteiger partial charge < -0.3 is 5.73 Å². The van der Waals surface area contributed by atoms with Crippen LogP contribution < -0.4 is 5.73 Å². The first-order valence-electron chi connectivity index (χ1n) is 7.59. The topological polar surface area (TPSA) is 29.3 Å². The predicted molar refractivity (Wildman–Crippen MR) is 84.3 cm³/mol. The number of hydrogen-bond donors (Lipinski definition) is 1. The van der Waals surface area contributed by atoms with Crippen LogP contribution in [0.5, 0.6) is 0 Å². The fraction of sp³-hybridized carbons (Fsp3) is 0.647. The molecule has 0 saturated carbocycles. The van der Waals surface area contributed by atoms with Crippen LogP contribution in [0.2, 0.25) is 0 Å². The van der Waals surface area contributed by atoms with Gasteiger partial charge in [0.05, 0.1) is 0 Å². The SMILES string of the molecule is CCC(N)C(c1ccc(C)cc1)N(C)C(CC)CC. The van der Waals surface area contributed by atoms with Gasteiger partial charge in [-0.1, -0.05) is 50.6 Å². The van der Waals surface area contributed by atoms with Gasteiger partial charge in [0.15, 0.2) is 0 Å². The van der Waals surface area contributed by atoms with Crippen molar-refractivity contribution in [3.8, 4) is 0 Å². The van der Waals surface area contributed by atoms with Crippen LogP contribution >= 0.6 is 0 Å². The molecule has 2 atom stereocenters. The summed E-state index contributed by atoms with van der Waals surface area (Å²) in [4.78, 5) is 2.47. The van der Waals surface area contributed by atoms with Crippen LogP contribution in [0, 0.1) is 6.92 Å². The summed E-state index contributed by atoms with van der Waals surface area (Å²) in [5.74, 6) is 0. The van der Waals surface area contributed by atoms with Gasteiger partial charge in [0.25, 0.3) is 0 Å². The van der Waals surface area contributed by atoms with E-state index in [1.54, 1.807) is 0 Å². The molecule has 0 radical (unpaired) electrons. The van der Waals surface area contributed by atoms with Crippen LogP contribution in [0.25, 0.3) is 0 Å². The molecule has 0 saturated heterocycles. The Morgan fingerprint density at radius 1 is 1.00 bits per heavy atom. The average molecular weight is 262 g/mol. The first kappa shape index (κ1) is 16.2. The fourth-order valence-corrected chi connectivity index (χ4v) is 2.86. The monoisotopic (exact) mass is 262 g/mol. The summed E-state index contributed by atoms with van der Waals surface area (Å²) in [5.41, 5.74) is 9.04. The molecule has 0 aliphatic carbocycles. The van der Waals surface area contributed by atoms with Crippen molar-refractivity contribution in [2.45, 2.75) is 65.1 Å². The van der Waals surface area contributed by atoms with Gasteiger partial charge in [-0.05, 0) is 38.8 Å². The van der Waals surface area contributed by atoms with E-state index in [0.717, 1.165) is 6.42 Å². The zero-order chi connectivity index (χ0) is 14.4. The van der Waals surface area contributed by atoms with Crippen molar-refractivity contribution in [2.75, 3.05) is 7.05 Å². The Kier molecular flexibility index (Phi) is 6.53. The molecule has 0 fully saturated rings. The molecule has 0 spiro atoms. The molecular formula is C17H30N2. The summed E-state index contributed by atoms with van der Waals surface area (Å²) in [6.07, 6.45) is 3.35. The third-order valence-corrected chi connectivity index (χ3v) is 4.25. The quantitative estimate of drug-likeness (QED) is 0.807. The summed E-state index contributed by atoms with van der Waals surface area (Å²) in [6, 6.07) is 9.94. The van der Waals surface area contributed by atoms with Crippen LogP contribution in [0.1, 0.15) is 57.2 Å². The second kappa shape index (κ2) is 7.66. The van der Waals surface area contributed by atoms with E-state index < -0.39 is 0 Å². The molecule has 19 heavy (non-hydrogen) atoms. The molecule has 2 unspecified atom stereocenters. The van der Waals surface area contributed by atoms with E-state index in [0.29, 0.717) is 12.1 Å². The van der Waals surface area contributed by atoms with E-state index in [4.69, 9.17) is 5.73 Å². The lowest BCUT2D eigenvalue weighted by Gasteiger charge is -2.38. The van der Waals surface area contributed by atoms with Crippen LogP contribution in [0.4, 0.5) is 0 Å². The van der Waals surface area contributed by atoms with Gasteiger partial charge in [-0.15, -0.1) is 0 Å². The van der Waals surface area contributed by atoms with Gasteiger partial charge in [0.2, 0.25) is 0 Å². The maximum Gasteiger partial charge on any atom is 0.0498 e. The first-order valence-corrected chi connectivity index (χ1v) is 7.59. The summed E-state index contributed by atoms with van der Waals surface area (Å²) >= 11 is 0. The molecule has 108 valence electrons. The highest BCUT2D eigenvalue weighted by atomic mass is 15.2. The largest absolute Gasteiger partial charge is 0.326 e. The minimum absolute atomic E-state index is 0.188. The van der Waals surface area contributed by atoms with E-state index >= 15 is 0 Å². The number of benzene rings is 1. The Balaban J connectivity index is 3.03. The highest BCUT2D eigenvalue weighted by Crippen LogP contribution is 2.27. The highest BCUT2D eigenvalue weighted by Gasteiger charge is 2.26. The summed E-state index contributed by atoms with van der Waals surface area (Å²) in [5, 5.41) is 0. The van der Waals surface area contributed by atoms with Crippen molar-refractivity contribution < 1.29 is 0 Å². The van der Waals surface area contributed by atoms with E-state index in [1.165, 1.54) is 24.0 Å². The van der Waals surface area contributed by atoms with Gasteiger partial charge in [0.1, 0.15) is 0 Å². The number of aryl methyl sites for hydroxylation is 1. The maximum absolute atomic E-state index is 6.39. The molecule has 2 nitrogen and oxygen atoms in total. The second-order valence-electron chi connectivity index (χ2n) is 5.56. The van der Waals surface area contributed by atoms with Gasteiger partial charge in [-0.2, -0.15) is 0 Å². The lowest BCUT2D eigenvalue weighted by atomic mass is 9.94. The molecule has 2 heteroatoms. The van der Waals surface area contributed by atoms with Crippen molar-refractivity contribution in [2.24, 2.45) is 5.73 Å². The minimum Gasteiger partial charge on any atom is -0.326 e. The lowest BCUT2D eigenvalue weighted by molar-refractivity contribution is 0.140. The Labute approximate surface area is 119 Å². The van der Waals surface area contributed by atoms with Crippen molar-refractivity contribution in [3.05, 3.63) is 35.4 Å². The number of hydrogen-bond acceptors (Lipinski definition) is 2. The number of nitrogens with two attached hydrogens (primary N) is 1. The number of nitrogens with zero attached hydrogens (tertiary/aromatic N) is 1. The van der Waals surface area contributed by atoms with Gasteiger partial charge in [-0.3, -0.25) is 4.90 Å². The number of likely N-dealkylation sites (N-methyl/N-ethyl adjacent to an activating group) is 1. The Morgan fingerprint density at radius 3 is 1.95 bits per heavy atom. The lowest BCUT2D eigenvalue weighted by Crippen LogP contribution is -2.43. The van der Waals surface area contributed by atoms with Crippen LogP contribution in [0.15, 0.2) is 24.3 Å². The van der Waals surface area contributed by atoms with E-state index in [-0.39, 0.29) is 6.04 Å².